The van der Waals surface area contributed by atoms with Crippen LogP contribution in [0.25, 0.3) is 0 Å². The van der Waals surface area contributed by atoms with Crippen LogP contribution < -0.4 is 5.32 Å². The molecule has 15 heavy (non-hydrogen) atoms. The fraction of sp³-hybridized carbons (Fsp3) is 0.300. The molecule has 1 amide bonds. The monoisotopic (exact) mass is 215 g/mol. The van der Waals surface area contributed by atoms with Gasteiger partial charge in [-0.3, -0.25) is 4.79 Å². The van der Waals surface area contributed by atoms with Gasteiger partial charge in [-0.25, -0.2) is 8.78 Å². The third-order valence-corrected chi connectivity index (χ3v) is 1.91. The fourth-order valence-corrected chi connectivity index (χ4v) is 0.932. The van der Waals surface area contributed by atoms with Crippen LogP contribution >= 0.6 is 0 Å². The number of methoxy groups -OCH3 is 1. The smallest absolute Gasteiger partial charge is 0.253 e. The molecule has 0 radical (unpaired) electrons. The topological polar surface area (TPSA) is 38.3 Å². The van der Waals surface area contributed by atoms with Gasteiger partial charge in [0.15, 0.2) is 0 Å². The minimum Gasteiger partial charge on any atom is -0.372 e. The van der Waals surface area contributed by atoms with E-state index in [1.54, 1.807) is 0 Å². The van der Waals surface area contributed by atoms with Gasteiger partial charge >= 0.3 is 0 Å². The van der Waals surface area contributed by atoms with E-state index in [0.717, 1.165) is 12.1 Å². The van der Waals surface area contributed by atoms with Gasteiger partial charge in [0.1, 0.15) is 17.7 Å². The number of hydrogen-bond donors (Lipinski definition) is 1. The van der Waals surface area contributed by atoms with Crippen LogP contribution in [-0.2, 0) is 9.53 Å². The van der Waals surface area contributed by atoms with Crippen molar-refractivity contribution < 1.29 is 18.3 Å². The first-order valence-electron chi connectivity index (χ1n) is 4.33. The third-order valence-electron chi connectivity index (χ3n) is 1.91. The summed E-state index contributed by atoms with van der Waals surface area (Å²) in [5.41, 5.74) is -0.0645. The van der Waals surface area contributed by atoms with Crippen molar-refractivity contribution in [1.29, 1.82) is 0 Å². The number of hydrogen-bond acceptors (Lipinski definition) is 2. The average Bonchev–Trinajstić information content (AvgIpc) is 2.20. The van der Waals surface area contributed by atoms with Crippen LogP contribution in [-0.4, -0.2) is 19.1 Å². The van der Waals surface area contributed by atoms with E-state index in [2.05, 4.69) is 5.32 Å². The molecule has 1 rings (SSSR count). The minimum atomic E-state index is -0.813. The van der Waals surface area contributed by atoms with Crippen LogP contribution in [0.4, 0.5) is 14.5 Å². The first-order chi connectivity index (χ1) is 7.04. The molecule has 0 bridgehead atoms. The molecule has 0 saturated carbocycles. The number of carbonyl (C=O) groups excluding carboxylic acids is 1. The van der Waals surface area contributed by atoms with Crippen LogP contribution in [0.3, 0.4) is 0 Å². The van der Waals surface area contributed by atoms with Gasteiger partial charge in [-0.2, -0.15) is 0 Å². The van der Waals surface area contributed by atoms with Crippen molar-refractivity contribution in [3.05, 3.63) is 29.8 Å². The number of ether oxygens (including phenoxy) is 1. The molecule has 0 aliphatic heterocycles. The molecular weight excluding hydrogens is 204 g/mol. The van der Waals surface area contributed by atoms with Gasteiger partial charge in [0.25, 0.3) is 5.91 Å². The van der Waals surface area contributed by atoms with Gasteiger partial charge in [-0.05, 0) is 19.1 Å². The molecule has 5 heteroatoms. The molecule has 0 saturated heterocycles. The quantitative estimate of drug-likeness (QED) is 0.836. The number of carbonyl (C=O) groups is 1. The minimum absolute atomic E-state index is 0.0645. The van der Waals surface area contributed by atoms with Crippen molar-refractivity contribution >= 4 is 11.6 Å². The molecule has 0 aliphatic rings. The molecule has 0 spiro atoms. The zero-order valence-corrected chi connectivity index (χ0v) is 8.38. The van der Waals surface area contributed by atoms with Gasteiger partial charge in [0.05, 0.1) is 5.69 Å². The summed E-state index contributed by atoms with van der Waals surface area (Å²) < 4.78 is 30.4. The molecular formula is C10H11F2NO2. The van der Waals surface area contributed by atoms with Crippen LogP contribution in [0.5, 0.6) is 0 Å². The Labute approximate surface area is 86.0 Å². The summed E-state index contributed by atoms with van der Waals surface area (Å²) in [6, 6.07) is 2.92. The molecule has 0 fully saturated rings. The van der Waals surface area contributed by atoms with Crippen molar-refractivity contribution in [3.63, 3.8) is 0 Å². The molecule has 1 aromatic carbocycles. The number of rotatable bonds is 3. The zero-order chi connectivity index (χ0) is 11.4. The van der Waals surface area contributed by atoms with Crippen LogP contribution in [0, 0.1) is 11.6 Å². The Bertz CT molecular complexity index is 368. The predicted octanol–water partition coefficient (Wildman–Crippen LogP) is 1.94. The summed E-state index contributed by atoms with van der Waals surface area (Å²) in [5, 5.41) is 2.28. The van der Waals surface area contributed by atoms with Crippen LogP contribution in [0.1, 0.15) is 6.92 Å². The van der Waals surface area contributed by atoms with Gasteiger partial charge in [-0.15, -0.1) is 0 Å². The van der Waals surface area contributed by atoms with E-state index < -0.39 is 23.6 Å². The largest absolute Gasteiger partial charge is 0.372 e. The number of benzene rings is 1. The molecule has 1 N–H and O–H groups in total. The first kappa shape index (κ1) is 11.6. The molecule has 0 aliphatic carbocycles. The maximum Gasteiger partial charge on any atom is 0.253 e. The number of nitrogens with one attached hydrogen (secondary N) is 1. The second-order valence-electron chi connectivity index (χ2n) is 2.99. The third kappa shape index (κ3) is 2.99. The number of anilines is 1. The summed E-state index contributed by atoms with van der Waals surface area (Å²) in [6.07, 6.45) is -0.686. The lowest BCUT2D eigenvalue weighted by atomic mass is 10.2. The zero-order valence-electron chi connectivity index (χ0n) is 8.38. The van der Waals surface area contributed by atoms with Gasteiger partial charge in [-0.1, -0.05) is 0 Å². The highest BCUT2D eigenvalue weighted by molar-refractivity contribution is 5.93. The Morgan fingerprint density at radius 1 is 1.47 bits per heavy atom. The van der Waals surface area contributed by atoms with E-state index in [0.29, 0.717) is 6.07 Å². The summed E-state index contributed by atoms with van der Waals surface area (Å²) in [5.74, 6) is -1.99. The predicted molar refractivity (Wildman–Crippen MR) is 51.5 cm³/mol. The Kier molecular flexibility index (Phi) is 3.74. The summed E-state index contributed by atoms with van der Waals surface area (Å²) >= 11 is 0. The van der Waals surface area contributed by atoms with Gasteiger partial charge in [0.2, 0.25) is 0 Å². The van der Waals surface area contributed by atoms with Crippen molar-refractivity contribution in [2.24, 2.45) is 0 Å². The number of amides is 1. The van der Waals surface area contributed by atoms with Gasteiger partial charge in [0, 0.05) is 13.2 Å². The van der Waals surface area contributed by atoms with Crippen molar-refractivity contribution in [1.82, 2.24) is 0 Å². The summed E-state index contributed by atoms with van der Waals surface area (Å²) in [7, 11) is 1.37. The van der Waals surface area contributed by atoms with Crippen molar-refractivity contribution in [2.45, 2.75) is 13.0 Å². The Morgan fingerprint density at radius 2 is 2.13 bits per heavy atom. The Morgan fingerprint density at radius 3 is 2.67 bits per heavy atom. The molecule has 1 atom stereocenters. The second kappa shape index (κ2) is 4.84. The lowest BCUT2D eigenvalue weighted by Crippen LogP contribution is -2.26. The first-order valence-corrected chi connectivity index (χ1v) is 4.33. The average molecular weight is 215 g/mol. The van der Waals surface area contributed by atoms with Crippen LogP contribution in [0.2, 0.25) is 0 Å². The molecule has 3 nitrogen and oxygen atoms in total. The maximum absolute atomic E-state index is 13.1. The van der Waals surface area contributed by atoms with E-state index in [1.165, 1.54) is 14.0 Å². The van der Waals surface area contributed by atoms with E-state index in [1.807, 2.05) is 0 Å². The van der Waals surface area contributed by atoms with E-state index >= 15 is 0 Å². The number of halogens is 2. The van der Waals surface area contributed by atoms with E-state index in [4.69, 9.17) is 4.74 Å². The van der Waals surface area contributed by atoms with Crippen molar-refractivity contribution in [3.8, 4) is 0 Å². The van der Waals surface area contributed by atoms with Crippen LogP contribution in [0.15, 0.2) is 18.2 Å². The molecule has 0 heterocycles. The van der Waals surface area contributed by atoms with E-state index in [9.17, 15) is 13.6 Å². The highest BCUT2D eigenvalue weighted by Gasteiger charge is 2.13. The Hall–Kier alpha value is -1.49. The Balaban J connectivity index is 2.77. The maximum atomic E-state index is 13.1. The lowest BCUT2D eigenvalue weighted by molar-refractivity contribution is -0.124. The molecule has 0 aromatic heterocycles. The molecule has 1 aromatic rings. The summed E-state index contributed by atoms with van der Waals surface area (Å²) in [6.45, 7) is 1.52. The molecule has 1 unspecified atom stereocenters. The SMILES string of the molecule is COC(C)C(=O)Nc1ccc(F)cc1F. The van der Waals surface area contributed by atoms with Crippen molar-refractivity contribution in [2.75, 3.05) is 12.4 Å². The normalized spacial score (nSPS) is 12.3. The standard InChI is InChI=1S/C10H11F2NO2/c1-6(15-2)10(14)13-9-4-3-7(11)5-8(9)12/h3-6H,1-2H3,(H,13,14). The lowest BCUT2D eigenvalue weighted by Gasteiger charge is -2.10. The van der Waals surface area contributed by atoms with Gasteiger partial charge < -0.3 is 10.1 Å². The molecule has 82 valence electrons. The fourth-order valence-electron chi connectivity index (χ4n) is 0.932. The summed E-state index contributed by atoms with van der Waals surface area (Å²) in [4.78, 5) is 11.3. The second-order valence-corrected chi connectivity index (χ2v) is 2.99. The van der Waals surface area contributed by atoms with E-state index in [-0.39, 0.29) is 5.69 Å². The highest BCUT2D eigenvalue weighted by Crippen LogP contribution is 2.15. The highest BCUT2D eigenvalue weighted by atomic mass is 19.1.